The van der Waals surface area contributed by atoms with Crippen molar-refractivity contribution in [2.75, 3.05) is 7.11 Å². The molecule has 1 rings (SSSR count). The Bertz CT molecular complexity index is 507. The second kappa shape index (κ2) is 4.75. The highest BCUT2D eigenvalue weighted by Gasteiger charge is 2.27. The number of nitrogens with zero attached hydrogens (tertiary/aromatic N) is 1. The Kier molecular flexibility index (Phi) is 4.02. The van der Waals surface area contributed by atoms with Crippen molar-refractivity contribution in [1.29, 1.82) is 0 Å². The summed E-state index contributed by atoms with van der Waals surface area (Å²) in [7, 11) is -3.01. The lowest BCUT2D eigenvalue weighted by molar-refractivity contribution is 0.145. The fourth-order valence-electron chi connectivity index (χ4n) is 1.03. The average Bonchev–Trinajstić information content (AvgIpc) is 2.15. The Morgan fingerprint density at radius 1 is 1.56 bits per heavy atom. The number of pyridine rings is 1. The maximum absolute atomic E-state index is 12.7. The van der Waals surface area contributed by atoms with Crippen LogP contribution in [0.1, 0.15) is 12.0 Å². The summed E-state index contributed by atoms with van der Waals surface area (Å²) in [4.78, 5) is 3.38. The van der Waals surface area contributed by atoms with Crippen molar-refractivity contribution in [2.24, 2.45) is 5.14 Å². The lowest BCUT2D eigenvalue weighted by Gasteiger charge is -2.11. The van der Waals surface area contributed by atoms with Gasteiger partial charge >= 0.3 is 0 Å². The van der Waals surface area contributed by atoms with Gasteiger partial charge in [-0.05, 0) is 22.6 Å². The van der Waals surface area contributed by atoms with Crippen molar-refractivity contribution in [3.05, 3.63) is 15.3 Å². The first-order chi connectivity index (χ1) is 7.29. The Balaban J connectivity index is 3.60. The van der Waals surface area contributed by atoms with E-state index in [4.69, 9.17) is 9.88 Å². The van der Waals surface area contributed by atoms with Gasteiger partial charge in [0.05, 0.1) is 22.4 Å². The topological polar surface area (TPSA) is 82.3 Å². The third kappa shape index (κ3) is 2.58. The molecule has 0 aliphatic carbocycles. The van der Waals surface area contributed by atoms with E-state index in [2.05, 4.69) is 4.98 Å². The van der Waals surface area contributed by atoms with E-state index in [1.54, 1.807) is 22.6 Å². The van der Waals surface area contributed by atoms with Gasteiger partial charge in [0.2, 0.25) is 0 Å². The van der Waals surface area contributed by atoms with Gasteiger partial charge in [0, 0.05) is 0 Å². The fraction of sp³-hybridized carbons (Fsp3) is 0.286. The minimum Gasteiger partial charge on any atom is -0.494 e. The van der Waals surface area contributed by atoms with E-state index in [-0.39, 0.29) is 9.32 Å². The van der Waals surface area contributed by atoms with E-state index in [1.807, 2.05) is 0 Å². The summed E-state index contributed by atoms with van der Waals surface area (Å²) in [6.07, 6.45) is -1.96. The maximum atomic E-state index is 12.7. The number of primary sulfonamides is 1. The molecule has 16 heavy (non-hydrogen) atoms. The van der Waals surface area contributed by atoms with Crippen molar-refractivity contribution in [1.82, 2.24) is 4.98 Å². The van der Waals surface area contributed by atoms with E-state index >= 15 is 0 Å². The van der Waals surface area contributed by atoms with Gasteiger partial charge in [0.1, 0.15) is 0 Å². The summed E-state index contributed by atoms with van der Waals surface area (Å²) in [6, 6.07) is 0. The van der Waals surface area contributed by atoms with Crippen LogP contribution >= 0.6 is 22.6 Å². The van der Waals surface area contributed by atoms with Crippen LogP contribution < -0.4 is 9.88 Å². The van der Waals surface area contributed by atoms with Crippen LogP contribution in [0.4, 0.5) is 8.78 Å². The number of hydrogen-bond donors (Lipinski definition) is 1. The zero-order valence-electron chi connectivity index (χ0n) is 7.95. The Morgan fingerprint density at radius 2 is 2.12 bits per heavy atom. The standard InChI is InChI=1S/C7H7F2IN2O3S/c1-15-3-2-12-7(16(11,13)14)4(5(3)10)6(8)9/h2,6H,1H3,(H2,11,13,14). The van der Waals surface area contributed by atoms with Gasteiger partial charge in [0.15, 0.2) is 10.8 Å². The lowest BCUT2D eigenvalue weighted by atomic mass is 10.3. The third-order valence-electron chi connectivity index (χ3n) is 1.69. The van der Waals surface area contributed by atoms with E-state index < -0.39 is 27.0 Å². The molecule has 0 aliphatic heterocycles. The molecule has 1 heterocycles. The number of rotatable bonds is 3. The zero-order chi connectivity index (χ0) is 12.5. The molecule has 0 amide bonds. The highest BCUT2D eigenvalue weighted by Crippen LogP contribution is 2.34. The summed E-state index contributed by atoms with van der Waals surface area (Å²) < 4.78 is 52.3. The molecule has 0 spiro atoms. The number of halogens is 3. The van der Waals surface area contributed by atoms with Crippen molar-refractivity contribution < 1.29 is 21.9 Å². The summed E-state index contributed by atoms with van der Waals surface area (Å²) >= 11 is 1.56. The number of alkyl halides is 2. The molecule has 1 aromatic rings. The summed E-state index contributed by atoms with van der Waals surface area (Å²) in [5.74, 6) is 0.0725. The van der Waals surface area contributed by atoms with Crippen LogP contribution in [0.3, 0.4) is 0 Å². The average molecular weight is 364 g/mol. The minimum atomic E-state index is -4.28. The van der Waals surface area contributed by atoms with Crippen LogP contribution in [0.15, 0.2) is 11.2 Å². The smallest absolute Gasteiger partial charge is 0.267 e. The molecule has 0 atom stereocenters. The van der Waals surface area contributed by atoms with Gasteiger partial charge < -0.3 is 4.74 Å². The second-order valence-corrected chi connectivity index (χ2v) is 5.26. The van der Waals surface area contributed by atoms with Gasteiger partial charge in [-0.1, -0.05) is 0 Å². The first kappa shape index (κ1) is 13.5. The molecule has 5 nitrogen and oxygen atoms in total. The van der Waals surface area contributed by atoms with E-state index in [0.717, 1.165) is 6.20 Å². The summed E-state index contributed by atoms with van der Waals surface area (Å²) in [5, 5.41) is 3.96. The van der Waals surface area contributed by atoms with Crippen LogP contribution in [-0.2, 0) is 10.0 Å². The number of hydrogen-bond acceptors (Lipinski definition) is 4. The molecule has 0 fully saturated rings. The van der Waals surface area contributed by atoms with Crippen molar-refractivity contribution in [3.8, 4) is 5.75 Å². The Hall–Kier alpha value is -0.550. The molecule has 0 saturated carbocycles. The normalized spacial score (nSPS) is 11.9. The molecular weight excluding hydrogens is 357 g/mol. The maximum Gasteiger partial charge on any atom is 0.267 e. The second-order valence-electron chi connectivity index (χ2n) is 2.71. The first-order valence-electron chi connectivity index (χ1n) is 3.82. The van der Waals surface area contributed by atoms with E-state index in [1.165, 1.54) is 7.11 Å². The Morgan fingerprint density at radius 3 is 2.50 bits per heavy atom. The van der Waals surface area contributed by atoms with Crippen LogP contribution in [0.5, 0.6) is 5.75 Å². The first-order valence-corrected chi connectivity index (χ1v) is 6.45. The summed E-state index contributed by atoms with van der Waals surface area (Å²) in [5.41, 5.74) is -0.734. The third-order valence-corrected chi connectivity index (χ3v) is 3.67. The number of aromatic nitrogens is 1. The van der Waals surface area contributed by atoms with Crippen molar-refractivity contribution >= 4 is 32.6 Å². The van der Waals surface area contributed by atoms with Gasteiger partial charge in [-0.2, -0.15) is 0 Å². The van der Waals surface area contributed by atoms with E-state index in [0.29, 0.717) is 0 Å². The fourth-order valence-corrected chi connectivity index (χ4v) is 2.76. The predicted octanol–water partition coefficient (Wildman–Crippen LogP) is 1.28. The monoisotopic (exact) mass is 364 g/mol. The molecule has 1 aromatic heterocycles. The molecule has 90 valence electrons. The molecule has 0 aromatic carbocycles. The minimum absolute atomic E-state index is 0.0193. The summed E-state index contributed by atoms with van der Waals surface area (Å²) in [6.45, 7) is 0. The number of sulfonamides is 1. The van der Waals surface area contributed by atoms with Crippen LogP contribution in [-0.4, -0.2) is 20.5 Å². The quantitative estimate of drug-likeness (QED) is 0.820. The molecule has 0 radical (unpaired) electrons. The SMILES string of the molecule is COc1cnc(S(N)(=O)=O)c(C(F)F)c1I. The number of methoxy groups -OCH3 is 1. The van der Waals surface area contributed by atoms with Crippen LogP contribution in [0.2, 0.25) is 0 Å². The molecular formula is C7H7F2IN2O3S. The van der Waals surface area contributed by atoms with Gasteiger partial charge in [-0.15, -0.1) is 0 Å². The molecule has 0 bridgehead atoms. The predicted molar refractivity (Wildman–Crippen MR) is 59.8 cm³/mol. The van der Waals surface area contributed by atoms with Gasteiger partial charge in [-0.25, -0.2) is 27.3 Å². The molecule has 0 unspecified atom stereocenters. The Labute approximate surface area is 104 Å². The zero-order valence-corrected chi connectivity index (χ0v) is 10.9. The molecule has 0 aliphatic rings. The molecule has 2 N–H and O–H groups in total. The highest BCUT2D eigenvalue weighted by atomic mass is 127. The van der Waals surface area contributed by atoms with Crippen molar-refractivity contribution in [2.45, 2.75) is 11.5 Å². The van der Waals surface area contributed by atoms with Crippen LogP contribution in [0, 0.1) is 3.57 Å². The van der Waals surface area contributed by atoms with Crippen molar-refractivity contribution in [3.63, 3.8) is 0 Å². The van der Waals surface area contributed by atoms with Gasteiger partial charge in [0.25, 0.3) is 16.4 Å². The highest BCUT2D eigenvalue weighted by molar-refractivity contribution is 14.1. The number of ether oxygens (including phenoxy) is 1. The van der Waals surface area contributed by atoms with E-state index in [9.17, 15) is 17.2 Å². The molecule has 0 saturated heterocycles. The number of nitrogens with two attached hydrogens (primary N) is 1. The molecule has 9 heteroatoms. The lowest BCUT2D eigenvalue weighted by Crippen LogP contribution is -2.18. The van der Waals surface area contributed by atoms with Gasteiger partial charge in [-0.3, -0.25) is 0 Å². The largest absolute Gasteiger partial charge is 0.494 e. The van der Waals surface area contributed by atoms with Crippen LogP contribution in [0.25, 0.3) is 0 Å².